The predicted molar refractivity (Wildman–Crippen MR) is 83.6 cm³/mol. The Balaban J connectivity index is 1.60. The predicted octanol–water partition coefficient (Wildman–Crippen LogP) is 1.40. The van der Waals surface area contributed by atoms with Gasteiger partial charge in [0, 0.05) is 36.3 Å². The molecule has 23 heavy (non-hydrogen) atoms. The van der Waals surface area contributed by atoms with Gasteiger partial charge in [-0.05, 0) is 24.3 Å². The molecule has 7 heteroatoms. The fourth-order valence-corrected chi connectivity index (χ4v) is 2.70. The number of amides is 1. The molecule has 0 aliphatic carbocycles. The first-order valence-electron chi connectivity index (χ1n) is 7.20. The van der Waals surface area contributed by atoms with Crippen LogP contribution in [0.4, 0.5) is 5.95 Å². The lowest BCUT2D eigenvalue weighted by Gasteiger charge is -2.15. The zero-order chi connectivity index (χ0) is 15.8. The Morgan fingerprint density at radius 3 is 2.96 bits per heavy atom. The van der Waals surface area contributed by atoms with Crippen LogP contribution in [0.5, 0.6) is 0 Å². The Morgan fingerprint density at radius 2 is 2.13 bits per heavy atom. The van der Waals surface area contributed by atoms with Gasteiger partial charge in [-0.15, -0.1) is 0 Å². The van der Waals surface area contributed by atoms with Crippen molar-refractivity contribution in [3.63, 3.8) is 0 Å². The monoisotopic (exact) mass is 306 g/mol. The normalized spacial score (nSPS) is 13.1. The van der Waals surface area contributed by atoms with Gasteiger partial charge < -0.3 is 10.6 Å². The van der Waals surface area contributed by atoms with E-state index in [2.05, 4.69) is 15.1 Å². The summed E-state index contributed by atoms with van der Waals surface area (Å²) in [6.07, 6.45) is 5.23. The maximum atomic E-state index is 12.7. The summed E-state index contributed by atoms with van der Waals surface area (Å²) in [7, 11) is 0. The molecule has 0 atom stereocenters. The molecule has 1 aliphatic heterocycles. The van der Waals surface area contributed by atoms with Gasteiger partial charge in [0.2, 0.25) is 5.95 Å². The van der Waals surface area contributed by atoms with Crippen molar-refractivity contribution < 1.29 is 4.79 Å². The van der Waals surface area contributed by atoms with E-state index in [-0.39, 0.29) is 11.9 Å². The molecule has 0 spiro atoms. The van der Waals surface area contributed by atoms with Crippen molar-refractivity contribution in [2.75, 3.05) is 5.73 Å². The van der Waals surface area contributed by atoms with Gasteiger partial charge in [-0.25, -0.2) is 14.6 Å². The van der Waals surface area contributed by atoms with Crippen LogP contribution < -0.4 is 5.73 Å². The maximum absolute atomic E-state index is 12.7. The second kappa shape index (κ2) is 5.20. The number of anilines is 1. The van der Waals surface area contributed by atoms with E-state index in [9.17, 15) is 4.79 Å². The lowest BCUT2D eigenvalue weighted by molar-refractivity contribution is 0.0750. The average Bonchev–Trinajstić information content (AvgIpc) is 3.23. The Hall–Kier alpha value is -3.22. The van der Waals surface area contributed by atoms with E-state index in [4.69, 9.17) is 5.73 Å². The molecule has 2 aromatic heterocycles. The molecule has 3 aromatic rings. The highest BCUT2D eigenvalue weighted by molar-refractivity contribution is 5.95. The van der Waals surface area contributed by atoms with Gasteiger partial charge in [0.05, 0.1) is 17.9 Å². The van der Waals surface area contributed by atoms with Crippen LogP contribution in [0.25, 0.3) is 5.69 Å². The van der Waals surface area contributed by atoms with Crippen LogP contribution in [0.2, 0.25) is 0 Å². The van der Waals surface area contributed by atoms with Crippen LogP contribution in [0.1, 0.15) is 21.6 Å². The summed E-state index contributed by atoms with van der Waals surface area (Å²) in [4.78, 5) is 22.7. The average molecular weight is 306 g/mol. The first kappa shape index (κ1) is 13.4. The minimum atomic E-state index is -0.0458. The van der Waals surface area contributed by atoms with Crippen LogP contribution in [-0.4, -0.2) is 30.6 Å². The molecule has 1 amide bonds. The summed E-state index contributed by atoms with van der Waals surface area (Å²) < 4.78 is 1.72. The zero-order valence-electron chi connectivity index (χ0n) is 12.3. The molecule has 4 rings (SSSR count). The summed E-state index contributed by atoms with van der Waals surface area (Å²) in [5, 5.41) is 4.19. The molecule has 2 N–H and O–H groups in total. The molecule has 7 nitrogen and oxygen atoms in total. The van der Waals surface area contributed by atoms with Crippen molar-refractivity contribution in [3.8, 4) is 5.69 Å². The molecule has 3 heterocycles. The first-order chi connectivity index (χ1) is 11.2. The van der Waals surface area contributed by atoms with Crippen LogP contribution in [0, 0.1) is 0 Å². The highest BCUT2D eigenvalue weighted by Crippen LogP contribution is 2.23. The fraction of sp³-hybridized carbons (Fsp3) is 0.125. The minimum Gasteiger partial charge on any atom is -0.368 e. The van der Waals surface area contributed by atoms with E-state index < -0.39 is 0 Å². The molecule has 114 valence electrons. The van der Waals surface area contributed by atoms with Crippen molar-refractivity contribution in [3.05, 3.63) is 65.7 Å². The maximum Gasteiger partial charge on any atom is 0.254 e. The van der Waals surface area contributed by atoms with Gasteiger partial charge in [-0.3, -0.25) is 4.79 Å². The molecular formula is C16H14N6O. The molecule has 0 saturated heterocycles. The van der Waals surface area contributed by atoms with Crippen molar-refractivity contribution >= 4 is 11.9 Å². The van der Waals surface area contributed by atoms with Gasteiger partial charge in [0.1, 0.15) is 0 Å². The topological polar surface area (TPSA) is 89.9 Å². The molecule has 0 unspecified atom stereocenters. The van der Waals surface area contributed by atoms with E-state index in [0.29, 0.717) is 18.7 Å². The van der Waals surface area contributed by atoms with Crippen LogP contribution in [0.3, 0.4) is 0 Å². The van der Waals surface area contributed by atoms with E-state index >= 15 is 0 Å². The van der Waals surface area contributed by atoms with Gasteiger partial charge in [0.15, 0.2) is 0 Å². The lowest BCUT2D eigenvalue weighted by Crippen LogP contribution is -2.25. The number of carbonyl (C=O) groups excluding carboxylic acids is 1. The third kappa shape index (κ3) is 2.42. The summed E-state index contributed by atoms with van der Waals surface area (Å²) in [5.74, 6) is 0.189. The standard InChI is InChI=1S/C16H14N6O/c17-16-18-8-12-9-21(10-14(12)20-16)15(23)11-3-1-4-13(7-11)22-6-2-5-19-22/h1-8H,9-10H2,(H2,17,18,20). The molecule has 1 aromatic carbocycles. The summed E-state index contributed by atoms with van der Waals surface area (Å²) in [6, 6.07) is 9.24. The van der Waals surface area contributed by atoms with E-state index in [1.165, 1.54) is 0 Å². The Morgan fingerprint density at radius 1 is 1.22 bits per heavy atom. The number of fused-ring (bicyclic) bond motifs is 1. The SMILES string of the molecule is Nc1ncc2c(n1)CN(C(=O)c1cccc(-n3cccn3)c1)C2. The number of carbonyl (C=O) groups is 1. The number of rotatable bonds is 2. The van der Waals surface area contributed by atoms with E-state index in [1.54, 1.807) is 28.0 Å². The third-order valence-corrected chi connectivity index (χ3v) is 3.82. The Bertz CT molecular complexity index is 874. The highest BCUT2D eigenvalue weighted by atomic mass is 16.2. The van der Waals surface area contributed by atoms with Gasteiger partial charge in [-0.2, -0.15) is 5.10 Å². The summed E-state index contributed by atoms with van der Waals surface area (Å²) in [5.41, 5.74) is 8.82. The molecule has 0 saturated carbocycles. The molecule has 0 fully saturated rings. The molecule has 0 radical (unpaired) electrons. The minimum absolute atomic E-state index is 0.0458. The first-order valence-corrected chi connectivity index (χ1v) is 7.20. The number of hydrogen-bond donors (Lipinski definition) is 1. The number of nitrogens with zero attached hydrogens (tertiary/aromatic N) is 5. The van der Waals surface area contributed by atoms with Gasteiger partial charge in [0.25, 0.3) is 5.91 Å². The second-order valence-electron chi connectivity index (χ2n) is 5.36. The van der Waals surface area contributed by atoms with Crippen molar-refractivity contribution in [1.29, 1.82) is 0 Å². The second-order valence-corrected chi connectivity index (χ2v) is 5.36. The number of benzene rings is 1. The number of nitrogens with two attached hydrogens (primary N) is 1. The number of hydrogen-bond acceptors (Lipinski definition) is 5. The summed E-state index contributed by atoms with van der Waals surface area (Å²) in [6.45, 7) is 0.952. The number of nitrogen functional groups attached to an aromatic ring is 1. The Labute approximate surface area is 132 Å². The van der Waals surface area contributed by atoms with Gasteiger partial charge in [-0.1, -0.05) is 6.07 Å². The highest BCUT2D eigenvalue weighted by Gasteiger charge is 2.26. The smallest absolute Gasteiger partial charge is 0.254 e. The third-order valence-electron chi connectivity index (χ3n) is 3.82. The number of aromatic nitrogens is 4. The largest absolute Gasteiger partial charge is 0.368 e. The zero-order valence-corrected chi connectivity index (χ0v) is 12.3. The van der Waals surface area contributed by atoms with Gasteiger partial charge >= 0.3 is 0 Å². The quantitative estimate of drug-likeness (QED) is 0.773. The van der Waals surface area contributed by atoms with E-state index in [1.807, 2.05) is 30.5 Å². The van der Waals surface area contributed by atoms with Crippen molar-refractivity contribution in [2.45, 2.75) is 13.1 Å². The van der Waals surface area contributed by atoms with Crippen molar-refractivity contribution in [2.24, 2.45) is 0 Å². The van der Waals surface area contributed by atoms with Crippen molar-refractivity contribution in [1.82, 2.24) is 24.6 Å². The van der Waals surface area contributed by atoms with E-state index in [0.717, 1.165) is 16.9 Å². The van der Waals surface area contributed by atoms with Crippen LogP contribution >= 0.6 is 0 Å². The molecular weight excluding hydrogens is 292 g/mol. The lowest BCUT2D eigenvalue weighted by atomic mass is 10.2. The molecule has 1 aliphatic rings. The van der Waals surface area contributed by atoms with Crippen LogP contribution in [0.15, 0.2) is 48.9 Å². The van der Waals surface area contributed by atoms with Crippen LogP contribution in [-0.2, 0) is 13.1 Å². The molecule has 0 bridgehead atoms. The summed E-state index contributed by atoms with van der Waals surface area (Å²) >= 11 is 0. The fourth-order valence-electron chi connectivity index (χ4n) is 2.70. The Kier molecular flexibility index (Phi) is 3.04.